The molecule has 0 amide bonds. The topological polar surface area (TPSA) is 39.7 Å². The van der Waals surface area contributed by atoms with Crippen LogP contribution in [-0.2, 0) is 0 Å². The van der Waals surface area contributed by atoms with Gasteiger partial charge in [-0.2, -0.15) is 0 Å². The summed E-state index contributed by atoms with van der Waals surface area (Å²) in [5.74, 6) is 2.27. The Morgan fingerprint density at radius 1 is 1.13 bits per heavy atom. The van der Waals surface area contributed by atoms with Crippen molar-refractivity contribution in [2.24, 2.45) is 4.99 Å². The molecule has 3 heterocycles. The van der Waals surface area contributed by atoms with Crippen molar-refractivity contribution in [3.8, 4) is 0 Å². The quantitative estimate of drug-likeness (QED) is 0.621. The van der Waals surface area contributed by atoms with Gasteiger partial charge in [0.1, 0.15) is 5.84 Å². The largest absolute Gasteiger partial charge is 0.359 e. The fourth-order valence-corrected chi connectivity index (χ4v) is 2.31. The molecule has 0 aromatic carbocycles. The second kappa shape index (κ2) is 3.61. The van der Waals surface area contributed by atoms with E-state index in [0.29, 0.717) is 0 Å². The molecule has 0 radical (unpaired) electrons. The van der Waals surface area contributed by atoms with E-state index >= 15 is 0 Å². The molecule has 3 aliphatic heterocycles. The minimum Gasteiger partial charge on any atom is -0.359 e. The number of hydrogen-bond acceptors (Lipinski definition) is 4. The molecule has 0 aliphatic carbocycles. The fraction of sp³-hybridized carbons (Fsp3) is 0.545. The molecule has 15 heavy (non-hydrogen) atoms. The molecule has 0 bridgehead atoms. The van der Waals surface area contributed by atoms with E-state index in [1.54, 1.807) is 0 Å². The van der Waals surface area contributed by atoms with Gasteiger partial charge in [0.2, 0.25) is 0 Å². The Hall–Kier alpha value is -1.45. The predicted octanol–water partition coefficient (Wildman–Crippen LogP) is 1.11. The summed E-state index contributed by atoms with van der Waals surface area (Å²) in [6.07, 6.45) is 8.86. The molecule has 0 aromatic rings. The van der Waals surface area contributed by atoms with Crippen LogP contribution < -0.4 is 10.6 Å². The zero-order valence-electron chi connectivity index (χ0n) is 8.79. The normalized spacial score (nSPS) is 24.5. The van der Waals surface area contributed by atoms with Gasteiger partial charge in [0.15, 0.2) is 5.82 Å². The zero-order valence-corrected chi connectivity index (χ0v) is 8.79. The number of nitrogens with zero attached hydrogens (tertiary/aromatic N) is 2. The highest BCUT2D eigenvalue weighted by atomic mass is 15.3. The second-order valence-corrected chi connectivity index (χ2v) is 4.21. The summed E-state index contributed by atoms with van der Waals surface area (Å²) < 4.78 is 0. The highest BCUT2D eigenvalue weighted by Crippen LogP contribution is 2.20. The van der Waals surface area contributed by atoms with Crippen molar-refractivity contribution in [2.75, 3.05) is 13.1 Å². The highest BCUT2D eigenvalue weighted by molar-refractivity contribution is 5.84. The molecule has 0 spiro atoms. The Labute approximate surface area is 89.7 Å². The van der Waals surface area contributed by atoms with Crippen molar-refractivity contribution in [1.29, 1.82) is 0 Å². The number of aliphatic imine (C=N–C) groups is 1. The third-order valence-electron chi connectivity index (χ3n) is 3.13. The van der Waals surface area contributed by atoms with Crippen molar-refractivity contribution >= 4 is 5.84 Å². The van der Waals surface area contributed by atoms with E-state index in [2.05, 4.69) is 20.5 Å². The maximum atomic E-state index is 4.68. The van der Waals surface area contributed by atoms with Gasteiger partial charge in [-0.3, -0.25) is 0 Å². The summed E-state index contributed by atoms with van der Waals surface area (Å²) in [7, 11) is 0. The molecule has 80 valence electrons. The lowest BCUT2D eigenvalue weighted by Crippen LogP contribution is -2.40. The number of nitrogens with one attached hydrogen (secondary N) is 2. The van der Waals surface area contributed by atoms with E-state index in [4.69, 9.17) is 0 Å². The summed E-state index contributed by atoms with van der Waals surface area (Å²) >= 11 is 0. The molecule has 0 unspecified atom stereocenters. The van der Waals surface area contributed by atoms with Gasteiger partial charge >= 0.3 is 0 Å². The van der Waals surface area contributed by atoms with Crippen LogP contribution >= 0.6 is 0 Å². The van der Waals surface area contributed by atoms with Gasteiger partial charge in [0.25, 0.3) is 0 Å². The van der Waals surface area contributed by atoms with Crippen molar-refractivity contribution < 1.29 is 0 Å². The Morgan fingerprint density at radius 3 is 3.07 bits per heavy atom. The van der Waals surface area contributed by atoms with Gasteiger partial charge < -0.3 is 15.5 Å². The van der Waals surface area contributed by atoms with Gasteiger partial charge in [-0.15, -0.1) is 0 Å². The summed E-state index contributed by atoms with van der Waals surface area (Å²) in [5.41, 5.74) is 1.20. The Balaban J connectivity index is 1.87. The highest BCUT2D eigenvalue weighted by Gasteiger charge is 2.23. The third kappa shape index (κ3) is 1.60. The first-order chi connectivity index (χ1) is 7.43. The van der Waals surface area contributed by atoms with Crippen molar-refractivity contribution in [1.82, 2.24) is 15.5 Å². The van der Waals surface area contributed by atoms with Gasteiger partial charge in [0.05, 0.1) is 12.2 Å². The monoisotopic (exact) mass is 204 g/mol. The minimum atomic E-state index is 0.978. The number of fused-ring (bicyclic) bond motifs is 1. The van der Waals surface area contributed by atoms with Crippen molar-refractivity contribution in [3.63, 3.8) is 0 Å². The second-order valence-electron chi connectivity index (χ2n) is 4.21. The summed E-state index contributed by atoms with van der Waals surface area (Å²) in [5, 5.41) is 6.46. The first-order valence-corrected chi connectivity index (χ1v) is 5.67. The maximum absolute atomic E-state index is 4.68. The molecule has 1 saturated heterocycles. The van der Waals surface area contributed by atoms with Crippen LogP contribution in [0.5, 0.6) is 0 Å². The van der Waals surface area contributed by atoms with Crippen molar-refractivity contribution in [2.45, 2.75) is 25.7 Å². The van der Waals surface area contributed by atoms with Crippen LogP contribution in [0.1, 0.15) is 25.7 Å². The summed E-state index contributed by atoms with van der Waals surface area (Å²) in [6, 6.07) is 0. The van der Waals surface area contributed by atoms with E-state index in [9.17, 15) is 0 Å². The molecule has 4 nitrogen and oxygen atoms in total. The summed E-state index contributed by atoms with van der Waals surface area (Å²) in [4.78, 5) is 7.09. The van der Waals surface area contributed by atoms with E-state index in [0.717, 1.165) is 25.3 Å². The van der Waals surface area contributed by atoms with Gasteiger partial charge in [-0.05, 0) is 12.8 Å². The zero-order chi connectivity index (χ0) is 10.1. The van der Waals surface area contributed by atoms with E-state index in [1.807, 2.05) is 12.4 Å². The van der Waals surface area contributed by atoms with Crippen molar-refractivity contribution in [3.05, 3.63) is 23.9 Å². The average Bonchev–Trinajstić information content (AvgIpc) is 2.50. The van der Waals surface area contributed by atoms with Gasteiger partial charge in [-0.25, -0.2) is 4.99 Å². The molecule has 0 saturated carbocycles. The number of hydrogen-bond donors (Lipinski definition) is 2. The van der Waals surface area contributed by atoms with E-state index in [1.165, 1.54) is 30.8 Å². The minimum absolute atomic E-state index is 0.978. The molecule has 3 rings (SSSR count). The Kier molecular flexibility index (Phi) is 2.12. The van der Waals surface area contributed by atoms with Crippen LogP contribution in [0.15, 0.2) is 28.9 Å². The molecule has 4 heteroatoms. The third-order valence-corrected chi connectivity index (χ3v) is 3.13. The lowest BCUT2D eigenvalue weighted by molar-refractivity contribution is 0.425. The lowest BCUT2D eigenvalue weighted by atomic mass is 10.2. The first-order valence-electron chi connectivity index (χ1n) is 5.67. The van der Waals surface area contributed by atoms with Crippen LogP contribution in [-0.4, -0.2) is 23.8 Å². The van der Waals surface area contributed by atoms with Crippen LogP contribution in [0.2, 0.25) is 0 Å². The Bertz CT molecular complexity index is 354. The van der Waals surface area contributed by atoms with Crippen LogP contribution in [0.3, 0.4) is 0 Å². The fourth-order valence-electron chi connectivity index (χ4n) is 2.31. The lowest BCUT2D eigenvalue weighted by Gasteiger charge is -2.31. The molecule has 0 atom stereocenters. The number of amidine groups is 1. The number of rotatable bonds is 0. The maximum Gasteiger partial charge on any atom is 0.153 e. The molecule has 0 aromatic heterocycles. The van der Waals surface area contributed by atoms with Crippen LogP contribution in [0.4, 0.5) is 0 Å². The standard InChI is InChI=1S/C11H16N4/c1-2-4-10-14-11-9(12-5-6-13-11)8-15(10)7-3-1/h5-6,12-13H,1-4,7-8H2. The van der Waals surface area contributed by atoms with Crippen LogP contribution in [0, 0.1) is 0 Å². The van der Waals surface area contributed by atoms with E-state index < -0.39 is 0 Å². The molecular weight excluding hydrogens is 188 g/mol. The first kappa shape index (κ1) is 8.83. The average molecular weight is 204 g/mol. The van der Waals surface area contributed by atoms with Gasteiger partial charge in [-0.1, -0.05) is 6.42 Å². The van der Waals surface area contributed by atoms with Crippen LogP contribution in [0.25, 0.3) is 0 Å². The van der Waals surface area contributed by atoms with E-state index in [-0.39, 0.29) is 0 Å². The molecule has 2 N–H and O–H groups in total. The predicted molar refractivity (Wildman–Crippen MR) is 59.9 cm³/mol. The molecule has 1 fully saturated rings. The Morgan fingerprint density at radius 2 is 2.07 bits per heavy atom. The summed E-state index contributed by atoms with van der Waals surface area (Å²) in [6.45, 7) is 2.13. The van der Waals surface area contributed by atoms with Gasteiger partial charge in [0, 0.05) is 25.4 Å². The molecule has 3 aliphatic rings. The smallest absolute Gasteiger partial charge is 0.153 e. The molecular formula is C11H16N4. The SMILES string of the molecule is C1=CNC2=C(CN3CCCCCC3=N2)N1.